The van der Waals surface area contributed by atoms with E-state index in [1.807, 2.05) is 27.7 Å². The van der Waals surface area contributed by atoms with Gasteiger partial charge in [0, 0.05) is 26.2 Å². The van der Waals surface area contributed by atoms with E-state index in [9.17, 15) is 0 Å². The molecule has 0 bridgehead atoms. The lowest BCUT2D eigenvalue weighted by molar-refractivity contribution is -0.0814. The summed E-state index contributed by atoms with van der Waals surface area (Å²) >= 11 is 0. The van der Waals surface area contributed by atoms with Crippen LogP contribution in [0.3, 0.4) is 0 Å². The number of nitrogens with zero attached hydrogens (tertiary/aromatic N) is 2. The fourth-order valence-corrected chi connectivity index (χ4v) is 0.447. The number of hydrogen-bond donors (Lipinski definition) is 2. The standard InChI is InChI=1S/2C4H11NO/c2*1-3-5(6)4-2/h2*6H,3-4H2,1-2H3. The normalized spacial score (nSPS) is 10.0. The van der Waals surface area contributed by atoms with Crippen LogP contribution in [0.2, 0.25) is 0 Å². The maximum absolute atomic E-state index is 8.50. The first-order valence-corrected chi connectivity index (χ1v) is 4.49. The third-order valence-electron chi connectivity index (χ3n) is 1.46. The summed E-state index contributed by atoms with van der Waals surface area (Å²) in [6.45, 7) is 10.5. The largest absolute Gasteiger partial charge is 0.314 e. The molecule has 0 aromatic heterocycles. The SMILES string of the molecule is CCN(O)CC.CCN(O)CC. The van der Waals surface area contributed by atoms with E-state index in [-0.39, 0.29) is 0 Å². The van der Waals surface area contributed by atoms with Crippen molar-refractivity contribution in [3.05, 3.63) is 0 Å². The molecule has 0 heterocycles. The van der Waals surface area contributed by atoms with Gasteiger partial charge in [-0.2, -0.15) is 10.1 Å². The minimum atomic E-state index is 0.719. The van der Waals surface area contributed by atoms with Crippen LogP contribution in [0.5, 0.6) is 0 Å². The van der Waals surface area contributed by atoms with Crippen molar-refractivity contribution in [1.29, 1.82) is 0 Å². The van der Waals surface area contributed by atoms with Crippen molar-refractivity contribution in [2.45, 2.75) is 27.7 Å². The Morgan fingerprint density at radius 2 is 0.833 bits per heavy atom. The molecule has 0 aliphatic carbocycles. The highest BCUT2D eigenvalue weighted by atomic mass is 16.5. The minimum Gasteiger partial charge on any atom is -0.314 e. The average Bonchev–Trinajstić information content (AvgIpc) is 2.16. The zero-order valence-electron chi connectivity index (χ0n) is 8.62. The maximum atomic E-state index is 8.50. The molecule has 4 nitrogen and oxygen atoms in total. The zero-order chi connectivity index (χ0) is 9.98. The van der Waals surface area contributed by atoms with Gasteiger partial charge in [-0.1, -0.05) is 27.7 Å². The van der Waals surface area contributed by atoms with Crippen molar-refractivity contribution >= 4 is 0 Å². The summed E-state index contributed by atoms with van der Waals surface area (Å²) in [5, 5.41) is 19.5. The van der Waals surface area contributed by atoms with E-state index >= 15 is 0 Å². The summed E-state index contributed by atoms with van der Waals surface area (Å²) in [4.78, 5) is 0. The van der Waals surface area contributed by atoms with E-state index in [4.69, 9.17) is 10.4 Å². The third kappa shape index (κ3) is 12.5. The molecule has 0 aromatic rings. The molecule has 0 fully saturated rings. The van der Waals surface area contributed by atoms with Gasteiger partial charge < -0.3 is 10.4 Å². The zero-order valence-corrected chi connectivity index (χ0v) is 8.62. The molecule has 12 heavy (non-hydrogen) atoms. The highest BCUT2D eigenvalue weighted by molar-refractivity contribution is 4.27. The Morgan fingerprint density at radius 3 is 0.833 bits per heavy atom. The Balaban J connectivity index is 0. The van der Waals surface area contributed by atoms with E-state index in [2.05, 4.69) is 0 Å². The van der Waals surface area contributed by atoms with Crippen LogP contribution in [0.25, 0.3) is 0 Å². The van der Waals surface area contributed by atoms with Gasteiger partial charge in [0.2, 0.25) is 0 Å². The van der Waals surface area contributed by atoms with E-state index in [1.165, 1.54) is 10.1 Å². The minimum absolute atomic E-state index is 0.719. The van der Waals surface area contributed by atoms with Crippen LogP contribution < -0.4 is 0 Å². The Morgan fingerprint density at radius 1 is 0.667 bits per heavy atom. The summed E-state index contributed by atoms with van der Waals surface area (Å²) in [5.74, 6) is 0. The highest BCUT2D eigenvalue weighted by Gasteiger charge is 1.84. The van der Waals surface area contributed by atoms with Gasteiger partial charge in [-0.3, -0.25) is 0 Å². The Kier molecular flexibility index (Phi) is 13.0. The topological polar surface area (TPSA) is 46.9 Å². The van der Waals surface area contributed by atoms with Crippen molar-refractivity contribution in [2.75, 3.05) is 26.2 Å². The van der Waals surface area contributed by atoms with Crippen LogP contribution in [0.15, 0.2) is 0 Å². The highest BCUT2D eigenvalue weighted by Crippen LogP contribution is 1.73. The lowest BCUT2D eigenvalue weighted by Gasteiger charge is -2.05. The second-order valence-electron chi connectivity index (χ2n) is 2.28. The van der Waals surface area contributed by atoms with Gasteiger partial charge in [0.15, 0.2) is 0 Å². The molecule has 0 radical (unpaired) electrons. The van der Waals surface area contributed by atoms with E-state index < -0.39 is 0 Å². The molecule has 0 rings (SSSR count). The first-order valence-electron chi connectivity index (χ1n) is 4.49. The summed E-state index contributed by atoms with van der Waals surface area (Å²) < 4.78 is 0. The molecule has 0 spiro atoms. The van der Waals surface area contributed by atoms with E-state index in [0.717, 1.165) is 26.2 Å². The van der Waals surface area contributed by atoms with Crippen molar-refractivity contribution < 1.29 is 10.4 Å². The summed E-state index contributed by atoms with van der Waals surface area (Å²) in [7, 11) is 0. The van der Waals surface area contributed by atoms with Crippen molar-refractivity contribution in [1.82, 2.24) is 10.1 Å². The van der Waals surface area contributed by atoms with Crippen LogP contribution in [0.4, 0.5) is 0 Å². The predicted molar refractivity (Wildman–Crippen MR) is 49.4 cm³/mol. The number of hydroxylamine groups is 4. The molecule has 0 amide bonds. The fourth-order valence-electron chi connectivity index (χ4n) is 0.447. The molecule has 76 valence electrons. The van der Waals surface area contributed by atoms with E-state index in [1.54, 1.807) is 0 Å². The first kappa shape index (κ1) is 14.4. The molecule has 0 saturated heterocycles. The molecule has 0 saturated carbocycles. The van der Waals surface area contributed by atoms with E-state index in [0.29, 0.717) is 0 Å². The molecule has 0 aliphatic heterocycles. The van der Waals surface area contributed by atoms with Gasteiger partial charge in [-0.05, 0) is 0 Å². The van der Waals surface area contributed by atoms with Crippen LogP contribution in [-0.4, -0.2) is 46.7 Å². The van der Waals surface area contributed by atoms with Crippen LogP contribution in [-0.2, 0) is 0 Å². The lowest BCUT2D eigenvalue weighted by atomic mass is 10.6. The van der Waals surface area contributed by atoms with Crippen LogP contribution >= 0.6 is 0 Å². The lowest BCUT2D eigenvalue weighted by Crippen LogP contribution is -2.16. The van der Waals surface area contributed by atoms with Gasteiger partial charge in [0.05, 0.1) is 0 Å². The molecule has 0 aliphatic rings. The Labute approximate surface area is 75.3 Å². The molecular formula is C8H22N2O2. The first-order chi connectivity index (χ1) is 5.62. The quantitative estimate of drug-likeness (QED) is 0.639. The Hall–Kier alpha value is -0.160. The molecular weight excluding hydrogens is 156 g/mol. The molecule has 0 atom stereocenters. The second kappa shape index (κ2) is 10.8. The van der Waals surface area contributed by atoms with Crippen LogP contribution in [0, 0.1) is 0 Å². The smallest absolute Gasteiger partial charge is 0.0209 e. The van der Waals surface area contributed by atoms with Crippen LogP contribution in [0.1, 0.15) is 27.7 Å². The van der Waals surface area contributed by atoms with Gasteiger partial charge in [-0.25, -0.2) is 0 Å². The molecule has 2 N–H and O–H groups in total. The maximum Gasteiger partial charge on any atom is 0.0209 e. The number of rotatable bonds is 4. The van der Waals surface area contributed by atoms with Crippen molar-refractivity contribution in [3.8, 4) is 0 Å². The van der Waals surface area contributed by atoms with Gasteiger partial charge in [0.25, 0.3) is 0 Å². The second-order valence-corrected chi connectivity index (χ2v) is 2.28. The van der Waals surface area contributed by atoms with Gasteiger partial charge in [-0.15, -0.1) is 0 Å². The van der Waals surface area contributed by atoms with Crippen molar-refractivity contribution in [3.63, 3.8) is 0 Å². The Bertz CT molecular complexity index is 63.5. The predicted octanol–water partition coefficient (Wildman–Crippen LogP) is 1.43. The van der Waals surface area contributed by atoms with Crippen molar-refractivity contribution in [2.24, 2.45) is 0 Å². The summed E-state index contributed by atoms with van der Waals surface area (Å²) in [5.41, 5.74) is 0. The van der Waals surface area contributed by atoms with Gasteiger partial charge in [0.1, 0.15) is 0 Å². The van der Waals surface area contributed by atoms with Gasteiger partial charge >= 0.3 is 0 Å². The average molecular weight is 178 g/mol. The monoisotopic (exact) mass is 178 g/mol. The third-order valence-corrected chi connectivity index (χ3v) is 1.46. The summed E-state index contributed by atoms with van der Waals surface area (Å²) in [6, 6.07) is 0. The number of hydrogen-bond acceptors (Lipinski definition) is 4. The summed E-state index contributed by atoms with van der Waals surface area (Å²) in [6.07, 6.45) is 0. The molecule has 0 aromatic carbocycles. The molecule has 4 heteroatoms. The molecule has 0 unspecified atom stereocenters. The fraction of sp³-hybridized carbons (Fsp3) is 1.00.